The largest absolute Gasteiger partial charge is 0.357 e. The number of nitrogens with zero attached hydrogens (tertiary/aromatic N) is 4. The van der Waals surface area contributed by atoms with Gasteiger partial charge in [0.15, 0.2) is 0 Å². The van der Waals surface area contributed by atoms with Crippen molar-refractivity contribution in [3.05, 3.63) is 48.0 Å². The van der Waals surface area contributed by atoms with Crippen LogP contribution in [0.15, 0.2) is 36.8 Å². The summed E-state index contributed by atoms with van der Waals surface area (Å²) < 4.78 is 1.68. The first-order valence-electron chi connectivity index (χ1n) is 6.64. The first-order valence-corrected chi connectivity index (χ1v) is 6.64. The molecule has 0 radical (unpaired) electrons. The molecule has 0 fully saturated rings. The van der Waals surface area contributed by atoms with Crippen molar-refractivity contribution in [1.29, 1.82) is 0 Å². The smallest absolute Gasteiger partial charge is 0.254 e. The minimum absolute atomic E-state index is 0.112. The molecule has 1 unspecified atom stereocenters. The van der Waals surface area contributed by atoms with Crippen LogP contribution in [0.5, 0.6) is 0 Å². The Balaban J connectivity index is 1.90. The number of hydrogen-bond acceptors (Lipinski definition) is 4. The molecular weight excluding hydrogens is 270 g/mol. The van der Waals surface area contributed by atoms with Gasteiger partial charge in [0.05, 0.1) is 18.8 Å². The van der Waals surface area contributed by atoms with E-state index in [0.717, 1.165) is 5.69 Å². The summed E-state index contributed by atoms with van der Waals surface area (Å²) in [6.45, 7) is 0.740. The molecule has 108 valence electrons. The number of amides is 2. The minimum atomic E-state index is -0.500. The normalized spacial score (nSPS) is 17.2. The van der Waals surface area contributed by atoms with E-state index in [2.05, 4.69) is 15.4 Å². The Kier molecular flexibility index (Phi) is 3.39. The van der Waals surface area contributed by atoms with Gasteiger partial charge in [-0.2, -0.15) is 5.10 Å². The maximum Gasteiger partial charge on any atom is 0.254 e. The van der Waals surface area contributed by atoms with Gasteiger partial charge in [-0.05, 0) is 18.2 Å². The molecule has 1 aliphatic rings. The lowest BCUT2D eigenvalue weighted by molar-refractivity contribution is -0.125. The van der Waals surface area contributed by atoms with Gasteiger partial charge in [-0.25, -0.2) is 0 Å². The van der Waals surface area contributed by atoms with Gasteiger partial charge in [0.1, 0.15) is 6.04 Å². The Morgan fingerprint density at radius 3 is 2.71 bits per heavy atom. The molecule has 2 amide bonds. The Morgan fingerprint density at radius 2 is 2.00 bits per heavy atom. The zero-order chi connectivity index (χ0) is 14.8. The maximum absolute atomic E-state index is 12.5. The van der Waals surface area contributed by atoms with Gasteiger partial charge in [-0.1, -0.05) is 0 Å². The van der Waals surface area contributed by atoms with E-state index in [0.29, 0.717) is 18.7 Å². The fraction of sp³-hybridized carbons (Fsp3) is 0.286. The summed E-state index contributed by atoms with van der Waals surface area (Å²) >= 11 is 0. The van der Waals surface area contributed by atoms with Crippen LogP contribution >= 0.6 is 0 Å². The zero-order valence-electron chi connectivity index (χ0n) is 11.6. The number of hydrogen-bond donors (Lipinski definition) is 1. The summed E-state index contributed by atoms with van der Waals surface area (Å²) in [5.41, 5.74) is 1.41. The molecule has 3 rings (SSSR count). The average Bonchev–Trinajstić information content (AvgIpc) is 3.01. The number of nitrogens with one attached hydrogen (secondary N) is 1. The summed E-state index contributed by atoms with van der Waals surface area (Å²) in [5.74, 6) is -0.272. The van der Waals surface area contributed by atoms with Crippen molar-refractivity contribution in [3.8, 4) is 0 Å². The van der Waals surface area contributed by atoms with Crippen molar-refractivity contribution >= 4 is 11.8 Å². The third-order valence-electron chi connectivity index (χ3n) is 3.56. The molecule has 0 spiro atoms. The molecule has 0 aromatic carbocycles. The highest BCUT2D eigenvalue weighted by atomic mass is 16.2. The molecule has 1 atom stereocenters. The molecule has 1 N–H and O–H groups in total. The molecule has 0 saturated heterocycles. The van der Waals surface area contributed by atoms with Crippen LogP contribution in [0.2, 0.25) is 0 Å². The molecule has 0 saturated carbocycles. The monoisotopic (exact) mass is 285 g/mol. The first-order chi connectivity index (χ1) is 10.2. The van der Waals surface area contributed by atoms with Crippen molar-refractivity contribution in [2.24, 2.45) is 0 Å². The Hall–Kier alpha value is -2.70. The third kappa shape index (κ3) is 2.37. The molecule has 2 aromatic heterocycles. The first kappa shape index (κ1) is 13.3. The second-order valence-electron chi connectivity index (χ2n) is 4.82. The highest BCUT2D eigenvalue weighted by Gasteiger charge is 2.32. The van der Waals surface area contributed by atoms with Crippen LogP contribution < -0.4 is 5.32 Å². The molecule has 0 aliphatic carbocycles. The number of aromatic nitrogens is 3. The Bertz CT molecular complexity index is 667. The van der Waals surface area contributed by atoms with Crippen LogP contribution in [-0.4, -0.2) is 45.1 Å². The Morgan fingerprint density at radius 1 is 1.24 bits per heavy atom. The lowest BCUT2D eigenvalue weighted by Gasteiger charge is -2.33. The third-order valence-corrected chi connectivity index (χ3v) is 3.56. The van der Waals surface area contributed by atoms with Crippen LogP contribution in [0.1, 0.15) is 22.1 Å². The second kappa shape index (κ2) is 5.35. The fourth-order valence-corrected chi connectivity index (χ4v) is 2.49. The Labute approximate surface area is 121 Å². The highest BCUT2D eigenvalue weighted by Crippen LogP contribution is 2.22. The predicted molar refractivity (Wildman–Crippen MR) is 74.3 cm³/mol. The van der Waals surface area contributed by atoms with Gasteiger partial charge in [0.2, 0.25) is 5.91 Å². The van der Waals surface area contributed by atoms with Crippen LogP contribution in [-0.2, 0) is 11.3 Å². The standard InChI is InChI=1S/C14H15N5O2/c1-15-13(20)12-9-18(8-11-4-7-17-19(11)12)14(21)10-2-5-16-6-3-10/h2-7,12H,8-9H2,1H3,(H,15,20). The maximum atomic E-state index is 12.5. The SMILES string of the molecule is CNC(=O)C1CN(C(=O)c2ccncc2)Cc2ccnn21. The van der Waals surface area contributed by atoms with E-state index in [1.54, 1.807) is 47.4 Å². The van der Waals surface area contributed by atoms with Gasteiger partial charge < -0.3 is 10.2 Å². The number of fused-ring (bicyclic) bond motifs is 1. The molecule has 7 heteroatoms. The summed E-state index contributed by atoms with van der Waals surface area (Å²) in [4.78, 5) is 30.1. The van der Waals surface area contributed by atoms with E-state index in [9.17, 15) is 9.59 Å². The predicted octanol–water partition coefficient (Wildman–Crippen LogP) is 0.221. The van der Waals surface area contributed by atoms with Gasteiger partial charge in [-0.3, -0.25) is 19.3 Å². The summed E-state index contributed by atoms with van der Waals surface area (Å²) in [7, 11) is 1.58. The van der Waals surface area contributed by atoms with Crippen molar-refractivity contribution in [3.63, 3.8) is 0 Å². The van der Waals surface area contributed by atoms with E-state index in [1.165, 1.54) is 0 Å². The van der Waals surface area contributed by atoms with Crippen LogP contribution in [0.3, 0.4) is 0 Å². The van der Waals surface area contributed by atoms with E-state index < -0.39 is 6.04 Å². The van der Waals surface area contributed by atoms with Crippen molar-refractivity contribution in [1.82, 2.24) is 25.0 Å². The minimum Gasteiger partial charge on any atom is -0.357 e. The molecule has 7 nitrogen and oxygen atoms in total. The van der Waals surface area contributed by atoms with E-state index in [1.807, 2.05) is 6.07 Å². The summed E-state index contributed by atoms with van der Waals surface area (Å²) in [6.07, 6.45) is 4.81. The average molecular weight is 285 g/mol. The van der Waals surface area contributed by atoms with E-state index in [-0.39, 0.29) is 11.8 Å². The van der Waals surface area contributed by atoms with Gasteiger partial charge in [-0.15, -0.1) is 0 Å². The van der Waals surface area contributed by atoms with Crippen molar-refractivity contribution < 1.29 is 9.59 Å². The fourth-order valence-electron chi connectivity index (χ4n) is 2.49. The molecule has 21 heavy (non-hydrogen) atoms. The number of likely N-dealkylation sites (N-methyl/N-ethyl adjacent to an activating group) is 1. The van der Waals surface area contributed by atoms with Gasteiger partial charge in [0, 0.05) is 31.2 Å². The van der Waals surface area contributed by atoms with Crippen LogP contribution in [0.25, 0.3) is 0 Å². The number of carbonyl (C=O) groups excluding carboxylic acids is 2. The molecule has 3 heterocycles. The van der Waals surface area contributed by atoms with Crippen molar-refractivity contribution in [2.45, 2.75) is 12.6 Å². The summed E-state index contributed by atoms with van der Waals surface area (Å²) in [5, 5.41) is 6.80. The van der Waals surface area contributed by atoms with E-state index in [4.69, 9.17) is 0 Å². The summed E-state index contributed by atoms with van der Waals surface area (Å²) in [6, 6.07) is 4.66. The van der Waals surface area contributed by atoms with Crippen LogP contribution in [0.4, 0.5) is 0 Å². The second-order valence-corrected chi connectivity index (χ2v) is 4.82. The molecular formula is C14H15N5O2. The van der Waals surface area contributed by atoms with E-state index >= 15 is 0 Å². The lowest BCUT2D eigenvalue weighted by Crippen LogP contribution is -2.46. The molecule has 2 aromatic rings. The quantitative estimate of drug-likeness (QED) is 0.856. The number of rotatable bonds is 2. The van der Waals surface area contributed by atoms with Gasteiger partial charge >= 0.3 is 0 Å². The number of carbonyl (C=O) groups is 2. The molecule has 0 bridgehead atoms. The topological polar surface area (TPSA) is 80.1 Å². The highest BCUT2D eigenvalue weighted by molar-refractivity contribution is 5.94. The number of pyridine rings is 1. The van der Waals surface area contributed by atoms with Crippen LogP contribution in [0, 0.1) is 0 Å². The molecule has 1 aliphatic heterocycles. The van der Waals surface area contributed by atoms with Gasteiger partial charge in [0.25, 0.3) is 5.91 Å². The van der Waals surface area contributed by atoms with Crippen molar-refractivity contribution in [2.75, 3.05) is 13.6 Å². The zero-order valence-corrected chi connectivity index (χ0v) is 11.6. The lowest BCUT2D eigenvalue weighted by atomic mass is 10.1.